The van der Waals surface area contributed by atoms with Gasteiger partial charge in [0, 0.05) is 19.2 Å². The summed E-state index contributed by atoms with van der Waals surface area (Å²) in [4.78, 5) is 0. The zero-order valence-electron chi connectivity index (χ0n) is 9.37. The molecule has 0 amide bonds. The molecule has 84 valence electrons. The van der Waals surface area contributed by atoms with E-state index in [0.717, 1.165) is 21.4 Å². The number of aryl methyl sites for hydroxylation is 2. The summed E-state index contributed by atoms with van der Waals surface area (Å²) in [6.45, 7) is 2.52. The Balaban J connectivity index is 2.55. The lowest BCUT2D eigenvalue weighted by Gasteiger charge is -2.03. The second kappa shape index (κ2) is 4.39. The van der Waals surface area contributed by atoms with Crippen LogP contribution < -0.4 is 5.73 Å². The summed E-state index contributed by atoms with van der Waals surface area (Å²) in [7, 11) is 1.93. The third kappa shape index (κ3) is 1.90. The van der Waals surface area contributed by atoms with Gasteiger partial charge in [-0.1, -0.05) is 29.8 Å². The number of aromatic nitrogens is 2. The standard InChI is InChI=1S/C12H14BrN3/c1-8-3-5-9(6-4-8)12-11(13)10(7-14)15-16(12)2/h3-6H,7,14H2,1-2H3. The molecule has 3 nitrogen and oxygen atoms in total. The van der Waals surface area contributed by atoms with Gasteiger partial charge in [-0.05, 0) is 22.9 Å². The predicted molar refractivity (Wildman–Crippen MR) is 69.0 cm³/mol. The van der Waals surface area contributed by atoms with Crippen LogP contribution in [0.1, 0.15) is 11.3 Å². The third-order valence-corrected chi connectivity index (χ3v) is 3.41. The van der Waals surface area contributed by atoms with Gasteiger partial charge in [-0.15, -0.1) is 0 Å². The van der Waals surface area contributed by atoms with Gasteiger partial charge in [0.2, 0.25) is 0 Å². The third-order valence-electron chi connectivity index (χ3n) is 2.57. The Bertz CT molecular complexity index is 500. The molecule has 0 saturated carbocycles. The van der Waals surface area contributed by atoms with E-state index in [1.807, 2.05) is 11.7 Å². The van der Waals surface area contributed by atoms with Gasteiger partial charge in [0.1, 0.15) is 0 Å². The summed E-state index contributed by atoms with van der Waals surface area (Å²) in [5.41, 5.74) is 9.98. The highest BCUT2D eigenvalue weighted by molar-refractivity contribution is 9.10. The molecule has 1 heterocycles. The fraction of sp³-hybridized carbons (Fsp3) is 0.250. The lowest BCUT2D eigenvalue weighted by atomic mass is 10.1. The number of rotatable bonds is 2. The highest BCUT2D eigenvalue weighted by Gasteiger charge is 2.13. The van der Waals surface area contributed by atoms with E-state index < -0.39 is 0 Å². The Morgan fingerprint density at radius 1 is 1.31 bits per heavy atom. The van der Waals surface area contributed by atoms with Gasteiger partial charge >= 0.3 is 0 Å². The van der Waals surface area contributed by atoms with Gasteiger partial charge in [0.25, 0.3) is 0 Å². The van der Waals surface area contributed by atoms with E-state index in [1.54, 1.807) is 0 Å². The maximum absolute atomic E-state index is 5.63. The molecule has 1 aromatic carbocycles. The average Bonchev–Trinajstić information content (AvgIpc) is 2.56. The first kappa shape index (κ1) is 11.4. The fourth-order valence-electron chi connectivity index (χ4n) is 1.71. The van der Waals surface area contributed by atoms with Crippen LogP contribution in [0.5, 0.6) is 0 Å². The summed E-state index contributed by atoms with van der Waals surface area (Å²) < 4.78 is 2.85. The van der Waals surface area contributed by atoms with E-state index in [-0.39, 0.29) is 0 Å². The van der Waals surface area contributed by atoms with E-state index in [0.29, 0.717) is 6.54 Å². The maximum Gasteiger partial charge on any atom is 0.0908 e. The molecular formula is C12H14BrN3. The maximum atomic E-state index is 5.63. The normalized spacial score (nSPS) is 10.8. The summed E-state index contributed by atoms with van der Waals surface area (Å²) in [5.74, 6) is 0. The molecule has 1 aromatic heterocycles. The Kier molecular flexibility index (Phi) is 3.12. The Hall–Kier alpha value is -1.13. The van der Waals surface area contributed by atoms with E-state index in [1.165, 1.54) is 5.56 Å². The number of benzene rings is 1. The molecule has 2 N–H and O–H groups in total. The van der Waals surface area contributed by atoms with Crippen LogP contribution in [0.4, 0.5) is 0 Å². The second-order valence-electron chi connectivity index (χ2n) is 3.80. The minimum atomic E-state index is 0.445. The first-order chi connectivity index (χ1) is 7.63. The fourth-order valence-corrected chi connectivity index (χ4v) is 2.44. The van der Waals surface area contributed by atoms with Crippen molar-refractivity contribution >= 4 is 15.9 Å². The lowest BCUT2D eigenvalue weighted by molar-refractivity contribution is 0.749. The SMILES string of the molecule is Cc1ccc(-c2c(Br)c(CN)nn2C)cc1. The Morgan fingerprint density at radius 2 is 1.94 bits per heavy atom. The number of nitrogens with two attached hydrogens (primary N) is 1. The van der Waals surface area contributed by atoms with Crippen molar-refractivity contribution in [3.63, 3.8) is 0 Å². The van der Waals surface area contributed by atoms with E-state index in [4.69, 9.17) is 5.73 Å². The van der Waals surface area contributed by atoms with Crippen molar-refractivity contribution in [2.24, 2.45) is 12.8 Å². The molecule has 0 aliphatic rings. The average molecular weight is 280 g/mol. The molecule has 0 fully saturated rings. The molecular weight excluding hydrogens is 266 g/mol. The van der Waals surface area contributed by atoms with E-state index >= 15 is 0 Å². The molecule has 0 atom stereocenters. The quantitative estimate of drug-likeness (QED) is 0.919. The molecule has 0 radical (unpaired) electrons. The van der Waals surface area contributed by atoms with Crippen molar-refractivity contribution in [2.75, 3.05) is 0 Å². The smallest absolute Gasteiger partial charge is 0.0908 e. The monoisotopic (exact) mass is 279 g/mol. The van der Waals surface area contributed by atoms with Crippen molar-refractivity contribution in [2.45, 2.75) is 13.5 Å². The van der Waals surface area contributed by atoms with Gasteiger partial charge in [0.05, 0.1) is 15.9 Å². The second-order valence-corrected chi connectivity index (χ2v) is 4.60. The Labute approximate surface area is 103 Å². The van der Waals surface area contributed by atoms with E-state index in [9.17, 15) is 0 Å². The number of halogens is 1. The minimum Gasteiger partial charge on any atom is -0.325 e. The predicted octanol–water partition coefficient (Wildman–Crippen LogP) is 2.62. The van der Waals surface area contributed by atoms with Crippen molar-refractivity contribution < 1.29 is 0 Å². The van der Waals surface area contributed by atoms with Crippen LogP contribution >= 0.6 is 15.9 Å². The zero-order chi connectivity index (χ0) is 11.7. The van der Waals surface area contributed by atoms with Gasteiger partial charge in [0.15, 0.2) is 0 Å². The van der Waals surface area contributed by atoms with E-state index in [2.05, 4.69) is 52.2 Å². The molecule has 16 heavy (non-hydrogen) atoms. The summed E-state index contributed by atoms with van der Waals surface area (Å²) >= 11 is 3.55. The Morgan fingerprint density at radius 3 is 2.44 bits per heavy atom. The van der Waals surface area contributed by atoms with Crippen molar-refractivity contribution in [3.05, 3.63) is 40.0 Å². The largest absolute Gasteiger partial charge is 0.325 e. The molecule has 2 rings (SSSR count). The highest BCUT2D eigenvalue weighted by atomic mass is 79.9. The summed E-state index contributed by atoms with van der Waals surface area (Å²) in [6.07, 6.45) is 0. The molecule has 0 bridgehead atoms. The molecule has 4 heteroatoms. The summed E-state index contributed by atoms with van der Waals surface area (Å²) in [6, 6.07) is 8.38. The van der Waals surface area contributed by atoms with Crippen molar-refractivity contribution in [1.29, 1.82) is 0 Å². The highest BCUT2D eigenvalue weighted by Crippen LogP contribution is 2.30. The van der Waals surface area contributed by atoms with Crippen LogP contribution in [0.25, 0.3) is 11.3 Å². The first-order valence-corrected chi connectivity index (χ1v) is 5.91. The minimum absolute atomic E-state index is 0.445. The number of hydrogen-bond acceptors (Lipinski definition) is 2. The topological polar surface area (TPSA) is 43.8 Å². The molecule has 0 aliphatic carbocycles. The van der Waals surface area contributed by atoms with Crippen LogP contribution in [0.3, 0.4) is 0 Å². The van der Waals surface area contributed by atoms with Gasteiger partial charge in [-0.25, -0.2) is 0 Å². The molecule has 0 saturated heterocycles. The van der Waals surface area contributed by atoms with Gasteiger partial charge < -0.3 is 5.73 Å². The lowest BCUT2D eigenvalue weighted by Crippen LogP contribution is -1.99. The van der Waals surface area contributed by atoms with Crippen molar-refractivity contribution in [3.8, 4) is 11.3 Å². The molecule has 0 spiro atoms. The first-order valence-electron chi connectivity index (χ1n) is 5.12. The van der Waals surface area contributed by atoms with Crippen LogP contribution in [0.15, 0.2) is 28.7 Å². The van der Waals surface area contributed by atoms with Crippen LogP contribution in [0, 0.1) is 6.92 Å². The number of hydrogen-bond donors (Lipinski definition) is 1. The van der Waals surface area contributed by atoms with Crippen LogP contribution in [-0.4, -0.2) is 9.78 Å². The van der Waals surface area contributed by atoms with Crippen LogP contribution in [0.2, 0.25) is 0 Å². The molecule has 0 unspecified atom stereocenters. The molecule has 0 aliphatic heterocycles. The molecule has 2 aromatic rings. The zero-order valence-corrected chi connectivity index (χ0v) is 11.0. The van der Waals surface area contributed by atoms with Crippen molar-refractivity contribution in [1.82, 2.24) is 9.78 Å². The van der Waals surface area contributed by atoms with Gasteiger partial charge in [-0.3, -0.25) is 4.68 Å². The van der Waals surface area contributed by atoms with Gasteiger partial charge in [-0.2, -0.15) is 5.10 Å². The summed E-state index contributed by atoms with van der Waals surface area (Å²) in [5, 5.41) is 4.37. The number of nitrogens with zero attached hydrogens (tertiary/aromatic N) is 2. The van der Waals surface area contributed by atoms with Crippen LogP contribution in [-0.2, 0) is 13.6 Å².